The Morgan fingerprint density at radius 2 is 2.05 bits per heavy atom. The molecule has 0 aliphatic rings. The molecule has 22 heavy (non-hydrogen) atoms. The van der Waals surface area contributed by atoms with Crippen LogP contribution in [0.4, 0.5) is 5.82 Å². The van der Waals surface area contributed by atoms with Crippen molar-refractivity contribution in [1.82, 2.24) is 20.0 Å². The highest BCUT2D eigenvalue weighted by Crippen LogP contribution is 2.28. The monoisotopic (exact) mass is 292 g/mol. The number of pyridine rings is 1. The summed E-state index contributed by atoms with van der Waals surface area (Å²) in [6, 6.07) is 11.4. The van der Waals surface area contributed by atoms with Crippen molar-refractivity contribution in [3.8, 4) is 22.4 Å². The van der Waals surface area contributed by atoms with E-state index in [0.717, 1.165) is 27.9 Å². The molecule has 0 spiro atoms. The first-order chi connectivity index (χ1) is 10.5. The number of nitrogen functional groups attached to an aromatic ring is 1. The van der Waals surface area contributed by atoms with Crippen LogP contribution in [-0.2, 0) is 0 Å². The van der Waals surface area contributed by atoms with Crippen LogP contribution in [0.1, 0.15) is 25.5 Å². The van der Waals surface area contributed by atoms with Gasteiger partial charge in [-0.25, -0.2) is 9.67 Å². The zero-order valence-electron chi connectivity index (χ0n) is 12.9. The predicted molar refractivity (Wildman–Crippen MR) is 87.1 cm³/mol. The Morgan fingerprint density at radius 3 is 2.73 bits per heavy atom. The number of nitrogens with two attached hydrogens (primary N) is 1. The number of benzene rings is 1. The van der Waals surface area contributed by atoms with Crippen LogP contribution in [0, 0.1) is 13.0 Å². The second-order valence-electron chi connectivity index (χ2n) is 5.59. The molecule has 0 amide bonds. The molecule has 0 saturated carbocycles. The average Bonchev–Trinajstić information content (AvgIpc) is 2.97. The van der Waals surface area contributed by atoms with Crippen molar-refractivity contribution in [2.45, 2.75) is 26.8 Å². The van der Waals surface area contributed by atoms with Crippen LogP contribution in [0.5, 0.6) is 0 Å². The highest BCUT2D eigenvalue weighted by molar-refractivity contribution is 5.77. The Labute approximate surface area is 129 Å². The fourth-order valence-electron chi connectivity index (χ4n) is 2.26. The van der Waals surface area contributed by atoms with Gasteiger partial charge in [0, 0.05) is 23.4 Å². The van der Waals surface area contributed by atoms with Crippen LogP contribution < -0.4 is 5.73 Å². The summed E-state index contributed by atoms with van der Waals surface area (Å²) < 4.78 is 1.81. The predicted octanol–water partition coefficient (Wildman–Crippen LogP) is 3.28. The van der Waals surface area contributed by atoms with E-state index in [1.165, 1.54) is 0 Å². The first-order valence-electron chi connectivity index (χ1n) is 7.21. The summed E-state index contributed by atoms with van der Waals surface area (Å²) in [7, 11) is 0. The average molecular weight is 292 g/mol. The van der Waals surface area contributed by atoms with E-state index in [4.69, 9.17) is 5.73 Å². The normalized spacial score (nSPS) is 11.1. The van der Waals surface area contributed by atoms with Gasteiger partial charge in [-0.2, -0.15) is 0 Å². The van der Waals surface area contributed by atoms with Crippen molar-refractivity contribution in [2.24, 2.45) is 0 Å². The molecule has 5 nitrogen and oxygen atoms in total. The SMILES string of the molecule is Cc1[c]ccc(-c2cnc(N)c(-c3cn(C(C)C)nn3)c2)c1. The van der Waals surface area contributed by atoms with Gasteiger partial charge in [-0.1, -0.05) is 23.4 Å². The maximum Gasteiger partial charge on any atom is 0.132 e. The van der Waals surface area contributed by atoms with Gasteiger partial charge in [0.2, 0.25) is 0 Å². The second-order valence-corrected chi connectivity index (χ2v) is 5.59. The van der Waals surface area contributed by atoms with E-state index in [2.05, 4.69) is 41.3 Å². The quantitative estimate of drug-likeness (QED) is 0.804. The molecule has 0 fully saturated rings. The Kier molecular flexibility index (Phi) is 3.63. The minimum atomic E-state index is 0.255. The third-order valence-corrected chi connectivity index (χ3v) is 3.51. The molecule has 0 unspecified atom stereocenters. The molecule has 0 bridgehead atoms. The van der Waals surface area contributed by atoms with Gasteiger partial charge in [0.05, 0.1) is 6.20 Å². The molecular formula is C17H18N5. The Bertz CT molecular complexity index is 804. The third-order valence-electron chi connectivity index (χ3n) is 3.51. The van der Waals surface area contributed by atoms with Gasteiger partial charge in [-0.15, -0.1) is 5.10 Å². The van der Waals surface area contributed by atoms with Crippen molar-refractivity contribution in [1.29, 1.82) is 0 Å². The summed E-state index contributed by atoms with van der Waals surface area (Å²) in [6.07, 6.45) is 3.67. The lowest BCUT2D eigenvalue weighted by Crippen LogP contribution is -2.00. The molecule has 111 valence electrons. The van der Waals surface area contributed by atoms with Crippen LogP contribution in [0.2, 0.25) is 0 Å². The molecule has 3 rings (SSSR count). The molecule has 1 radical (unpaired) electrons. The number of hydrogen-bond donors (Lipinski definition) is 1. The van der Waals surface area contributed by atoms with Gasteiger partial charge in [0.1, 0.15) is 11.5 Å². The van der Waals surface area contributed by atoms with E-state index >= 15 is 0 Å². The summed E-state index contributed by atoms with van der Waals surface area (Å²) in [4.78, 5) is 4.31. The molecule has 2 heterocycles. The maximum absolute atomic E-state index is 6.02. The van der Waals surface area contributed by atoms with Crippen molar-refractivity contribution in [3.05, 3.63) is 48.3 Å². The molecule has 0 aliphatic heterocycles. The first-order valence-corrected chi connectivity index (χ1v) is 7.21. The number of rotatable bonds is 3. The number of aromatic nitrogens is 4. The summed E-state index contributed by atoms with van der Waals surface area (Å²) in [5, 5.41) is 8.34. The lowest BCUT2D eigenvalue weighted by Gasteiger charge is -2.07. The van der Waals surface area contributed by atoms with Crippen LogP contribution in [0.25, 0.3) is 22.4 Å². The third kappa shape index (κ3) is 2.70. The van der Waals surface area contributed by atoms with Gasteiger partial charge in [-0.3, -0.25) is 0 Å². The van der Waals surface area contributed by atoms with Gasteiger partial charge in [0.25, 0.3) is 0 Å². The summed E-state index contributed by atoms with van der Waals surface area (Å²) in [6.45, 7) is 6.13. The topological polar surface area (TPSA) is 69.6 Å². The smallest absolute Gasteiger partial charge is 0.132 e. The minimum absolute atomic E-state index is 0.255. The molecule has 1 aromatic carbocycles. The van der Waals surface area contributed by atoms with Gasteiger partial charge >= 0.3 is 0 Å². The number of anilines is 1. The van der Waals surface area contributed by atoms with Crippen LogP contribution in [0.3, 0.4) is 0 Å². The van der Waals surface area contributed by atoms with Gasteiger partial charge in [-0.05, 0) is 44.0 Å². The van der Waals surface area contributed by atoms with E-state index in [-0.39, 0.29) is 6.04 Å². The molecule has 5 heteroatoms. The van der Waals surface area contributed by atoms with Crippen molar-refractivity contribution >= 4 is 5.82 Å². The molecular weight excluding hydrogens is 274 g/mol. The zero-order valence-corrected chi connectivity index (χ0v) is 12.9. The highest BCUT2D eigenvalue weighted by atomic mass is 15.4. The molecule has 3 aromatic rings. The summed E-state index contributed by atoms with van der Waals surface area (Å²) in [5.74, 6) is 0.457. The number of nitrogens with zero attached hydrogens (tertiary/aromatic N) is 4. The van der Waals surface area contributed by atoms with Crippen LogP contribution >= 0.6 is 0 Å². The van der Waals surface area contributed by atoms with Crippen LogP contribution in [-0.4, -0.2) is 20.0 Å². The van der Waals surface area contributed by atoms with E-state index in [0.29, 0.717) is 5.82 Å². The van der Waals surface area contributed by atoms with E-state index in [1.807, 2.05) is 36.0 Å². The molecule has 2 N–H and O–H groups in total. The number of aryl methyl sites for hydroxylation is 1. The Morgan fingerprint density at radius 1 is 1.23 bits per heavy atom. The van der Waals surface area contributed by atoms with Crippen molar-refractivity contribution in [2.75, 3.05) is 5.73 Å². The Balaban J connectivity index is 2.06. The van der Waals surface area contributed by atoms with Crippen molar-refractivity contribution in [3.63, 3.8) is 0 Å². The largest absolute Gasteiger partial charge is 0.383 e. The van der Waals surface area contributed by atoms with Gasteiger partial charge in [0.15, 0.2) is 0 Å². The van der Waals surface area contributed by atoms with E-state index < -0.39 is 0 Å². The molecule has 0 aliphatic carbocycles. The van der Waals surface area contributed by atoms with Gasteiger partial charge < -0.3 is 5.73 Å². The standard InChI is InChI=1S/C17H18N5/c1-11(2)22-10-16(20-21-22)15-8-14(9-19-17(15)18)13-6-4-5-12(3)7-13/h4,6-11H,1-3H3,(H2,18,19). The molecule has 0 atom stereocenters. The lowest BCUT2D eigenvalue weighted by molar-refractivity contribution is 0.514. The zero-order chi connectivity index (χ0) is 15.7. The molecule has 2 aromatic heterocycles. The highest BCUT2D eigenvalue weighted by Gasteiger charge is 2.12. The summed E-state index contributed by atoms with van der Waals surface area (Å²) in [5.41, 5.74) is 10.7. The summed E-state index contributed by atoms with van der Waals surface area (Å²) >= 11 is 0. The first kappa shape index (κ1) is 14.3. The Hall–Kier alpha value is -2.69. The second kappa shape index (κ2) is 5.60. The van der Waals surface area contributed by atoms with Crippen molar-refractivity contribution < 1.29 is 0 Å². The van der Waals surface area contributed by atoms with E-state index in [9.17, 15) is 0 Å². The van der Waals surface area contributed by atoms with Crippen LogP contribution in [0.15, 0.2) is 36.7 Å². The van der Waals surface area contributed by atoms with E-state index in [1.54, 1.807) is 6.20 Å². The number of hydrogen-bond acceptors (Lipinski definition) is 4. The fraction of sp³-hybridized carbons (Fsp3) is 0.235. The molecule has 0 saturated heterocycles. The minimum Gasteiger partial charge on any atom is -0.383 e. The maximum atomic E-state index is 6.02. The lowest BCUT2D eigenvalue weighted by atomic mass is 10.0. The fourth-order valence-corrected chi connectivity index (χ4v) is 2.26.